The number of hydrogen-bond acceptors (Lipinski definition) is 2. The first-order valence-electron chi connectivity index (χ1n) is 4.61. The van der Waals surface area contributed by atoms with E-state index < -0.39 is 0 Å². The van der Waals surface area contributed by atoms with Crippen LogP contribution in [0.2, 0.25) is 0 Å². The molecule has 0 amide bonds. The van der Waals surface area contributed by atoms with Crippen molar-refractivity contribution in [2.45, 2.75) is 33.6 Å². The lowest BCUT2D eigenvalue weighted by Crippen LogP contribution is -1.99. The van der Waals surface area contributed by atoms with Crippen molar-refractivity contribution in [1.82, 2.24) is 4.98 Å². The molecule has 1 aromatic heterocycles. The standard InChI is InChI=1S/C11H15NO/c1-4-5-10-6-8(2)11(7-13)12-9(10)3/h6-7H,4-5H2,1-3H3. The fraction of sp³-hybridized carbons (Fsp3) is 0.455. The summed E-state index contributed by atoms with van der Waals surface area (Å²) < 4.78 is 0. The Hall–Kier alpha value is -1.18. The van der Waals surface area contributed by atoms with E-state index in [9.17, 15) is 4.79 Å². The highest BCUT2D eigenvalue weighted by Gasteiger charge is 2.04. The molecule has 2 nitrogen and oxygen atoms in total. The molecule has 0 aliphatic carbocycles. The third-order valence-electron chi connectivity index (χ3n) is 2.18. The van der Waals surface area contributed by atoms with Gasteiger partial charge in [0.15, 0.2) is 6.29 Å². The Morgan fingerprint density at radius 1 is 1.46 bits per heavy atom. The Morgan fingerprint density at radius 2 is 2.15 bits per heavy atom. The average Bonchev–Trinajstić information content (AvgIpc) is 2.11. The predicted octanol–water partition coefficient (Wildman–Crippen LogP) is 2.46. The molecule has 0 aliphatic rings. The summed E-state index contributed by atoms with van der Waals surface area (Å²) in [6.07, 6.45) is 2.97. The molecule has 0 aromatic carbocycles. The topological polar surface area (TPSA) is 30.0 Å². The van der Waals surface area contributed by atoms with E-state index in [1.54, 1.807) is 0 Å². The zero-order chi connectivity index (χ0) is 9.84. The number of hydrogen-bond donors (Lipinski definition) is 0. The van der Waals surface area contributed by atoms with E-state index in [0.29, 0.717) is 5.69 Å². The molecular formula is C11H15NO. The van der Waals surface area contributed by atoms with Gasteiger partial charge in [-0.15, -0.1) is 0 Å². The van der Waals surface area contributed by atoms with Crippen molar-refractivity contribution >= 4 is 6.29 Å². The number of nitrogens with zero attached hydrogens (tertiary/aromatic N) is 1. The van der Waals surface area contributed by atoms with Gasteiger partial charge in [-0.05, 0) is 31.4 Å². The molecule has 0 radical (unpaired) electrons. The smallest absolute Gasteiger partial charge is 0.168 e. The van der Waals surface area contributed by atoms with E-state index in [-0.39, 0.29) is 0 Å². The zero-order valence-electron chi connectivity index (χ0n) is 8.42. The van der Waals surface area contributed by atoms with Gasteiger partial charge in [-0.3, -0.25) is 4.79 Å². The highest BCUT2D eigenvalue weighted by atomic mass is 16.1. The van der Waals surface area contributed by atoms with E-state index in [1.807, 2.05) is 13.8 Å². The van der Waals surface area contributed by atoms with Crippen LogP contribution >= 0.6 is 0 Å². The number of pyridine rings is 1. The van der Waals surface area contributed by atoms with E-state index in [2.05, 4.69) is 18.0 Å². The number of aryl methyl sites for hydroxylation is 3. The summed E-state index contributed by atoms with van der Waals surface area (Å²) >= 11 is 0. The molecule has 0 saturated carbocycles. The normalized spacial score (nSPS) is 10.1. The van der Waals surface area contributed by atoms with E-state index in [1.165, 1.54) is 5.56 Å². The van der Waals surface area contributed by atoms with Crippen LogP contribution in [0.1, 0.15) is 40.7 Å². The highest BCUT2D eigenvalue weighted by Crippen LogP contribution is 2.12. The molecular weight excluding hydrogens is 162 g/mol. The van der Waals surface area contributed by atoms with Crippen LogP contribution in [0.3, 0.4) is 0 Å². The minimum absolute atomic E-state index is 0.567. The number of carbonyl (C=O) groups is 1. The third kappa shape index (κ3) is 2.14. The first-order chi connectivity index (χ1) is 6.19. The maximum atomic E-state index is 10.6. The van der Waals surface area contributed by atoms with Crippen LogP contribution in [-0.2, 0) is 6.42 Å². The second-order valence-electron chi connectivity index (χ2n) is 3.30. The molecule has 0 unspecified atom stereocenters. The van der Waals surface area contributed by atoms with E-state index in [4.69, 9.17) is 0 Å². The van der Waals surface area contributed by atoms with Gasteiger partial charge in [0, 0.05) is 5.69 Å². The molecule has 1 aromatic rings. The van der Waals surface area contributed by atoms with Crippen LogP contribution in [0.25, 0.3) is 0 Å². The fourth-order valence-electron chi connectivity index (χ4n) is 1.42. The van der Waals surface area contributed by atoms with Gasteiger partial charge in [0.2, 0.25) is 0 Å². The summed E-state index contributed by atoms with van der Waals surface area (Å²) in [6.45, 7) is 6.02. The molecule has 1 rings (SSSR count). The van der Waals surface area contributed by atoms with Crippen LogP contribution in [0, 0.1) is 13.8 Å². The molecule has 13 heavy (non-hydrogen) atoms. The maximum Gasteiger partial charge on any atom is 0.168 e. The van der Waals surface area contributed by atoms with Gasteiger partial charge < -0.3 is 0 Å². The van der Waals surface area contributed by atoms with Crippen molar-refractivity contribution in [3.63, 3.8) is 0 Å². The lowest BCUT2D eigenvalue weighted by atomic mass is 10.1. The molecule has 1 heterocycles. The van der Waals surface area contributed by atoms with Gasteiger partial charge in [0.1, 0.15) is 5.69 Å². The summed E-state index contributed by atoms with van der Waals surface area (Å²) in [4.78, 5) is 14.8. The molecule has 70 valence electrons. The molecule has 0 saturated heterocycles. The van der Waals surface area contributed by atoms with Crippen molar-refractivity contribution in [3.05, 3.63) is 28.6 Å². The molecule has 0 aliphatic heterocycles. The minimum atomic E-state index is 0.567. The Kier molecular flexibility index (Phi) is 3.18. The predicted molar refractivity (Wildman–Crippen MR) is 53.1 cm³/mol. The van der Waals surface area contributed by atoms with Crippen molar-refractivity contribution in [2.24, 2.45) is 0 Å². The van der Waals surface area contributed by atoms with Crippen LogP contribution < -0.4 is 0 Å². The van der Waals surface area contributed by atoms with Gasteiger partial charge in [-0.2, -0.15) is 0 Å². The number of rotatable bonds is 3. The summed E-state index contributed by atoms with van der Waals surface area (Å²) in [6, 6.07) is 2.07. The van der Waals surface area contributed by atoms with Crippen molar-refractivity contribution < 1.29 is 4.79 Å². The first kappa shape index (κ1) is 9.90. The van der Waals surface area contributed by atoms with E-state index >= 15 is 0 Å². The Balaban J connectivity index is 3.12. The lowest BCUT2D eigenvalue weighted by Gasteiger charge is -2.06. The lowest BCUT2D eigenvalue weighted by molar-refractivity contribution is 0.111. The molecule has 2 heteroatoms. The molecule has 0 fully saturated rings. The van der Waals surface area contributed by atoms with E-state index in [0.717, 1.165) is 30.4 Å². The number of carbonyl (C=O) groups excluding carboxylic acids is 1. The average molecular weight is 177 g/mol. The highest BCUT2D eigenvalue weighted by molar-refractivity contribution is 5.74. The Labute approximate surface area is 79.0 Å². The van der Waals surface area contributed by atoms with Crippen LogP contribution in [0.4, 0.5) is 0 Å². The summed E-state index contributed by atoms with van der Waals surface area (Å²) in [7, 11) is 0. The van der Waals surface area contributed by atoms with Gasteiger partial charge in [0.25, 0.3) is 0 Å². The quantitative estimate of drug-likeness (QED) is 0.664. The Bertz CT molecular complexity index is 318. The SMILES string of the molecule is CCCc1cc(C)c(C=O)nc1C. The zero-order valence-corrected chi connectivity index (χ0v) is 8.42. The third-order valence-corrected chi connectivity index (χ3v) is 2.18. The van der Waals surface area contributed by atoms with Crippen LogP contribution in [-0.4, -0.2) is 11.3 Å². The summed E-state index contributed by atoms with van der Waals surface area (Å²) in [5.74, 6) is 0. The monoisotopic (exact) mass is 177 g/mol. The van der Waals surface area contributed by atoms with Gasteiger partial charge >= 0.3 is 0 Å². The number of aldehydes is 1. The van der Waals surface area contributed by atoms with Crippen LogP contribution in [0.5, 0.6) is 0 Å². The second kappa shape index (κ2) is 4.17. The number of aromatic nitrogens is 1. The minimum Gasteiger partial charge on any atom is -0.296 e. The van der Waals surface area contributed by atoms with Crippen molar-refractivity contribution in [1.29, 1.82) is 0 Å². The molecule has 0 N–H and O–H groups in total. The molecule has 0 spiro atoms. The second-order valence-corrected chi connectivity index (χ2v) is 3.30. The maximum absolute atomic E-state index is 10.6. The summed E-state index contributed by atoms with van der Waals surface area (Å²) in [5, 5.41) is 0. The summed E-state index contributed by atoms with van der Waals surface area (Å²) in [5.41, 5.74) is 3.78. The fourth-order valence-corrected chi connectivity index (χ4v) is 1.42. The molecule has 0 atom stereocenters. The van der Waals surface area contributed by atoms with Gasteiger partial charge in [-0.25, -0.2) is 4.98 Å². The largest absolute Gasteiger partial charge is 0.296 e. The van der Waals surface area contributed by atoms with Gasteiger partial charge in [0.05, 0.1) is 0 Å². The van der Waals surface area contributed by atoms with Crippen molar-refractivity contribution in [2.75, 3.05) is 0 Å². The molecule has 0 bridgehead atoms. The van der Waals surface area contributed by atoms with Gasteiger partial charge in [-0.1, -0.05) is 19.4 Å². The Morgan fingerprint density at radius 3 is 2.69 bits per heavy atom. The van der Waals surface area contributed by atoms with Crippen LogP contribution in [0.15, 0.2) is 6.07 Å². The first-order valence-corrected chi connectivity index (χ1v) is 4.61. The van der Waals surface area contributed by atoms with Crippen molar-refractivity contribution in [3.8, 4) is 0 Å².